The third kappa shape index (κ3) is 3.66. The molecule has 4 nitrogen and oxygen atoms in total. The van der Waals surface area contributed by atoms with E-state index in [9.17, 15) is 4.39 Å². The van der Waals surface area contributed by atoms with E-state index < -0.39 is 5.82 Å². The van der Waals surface area contributed by atoms with E-state index in [4.69, 9.17) is 23.8 Å². The second-order valence-electron chi connectivity index (χ2n) is 7.73. The Bertz CT molecular complexity index is 1270. The lowest BCUT2D eigenvalue weighted by atomic mass is 10.0. The van der Waals surface area contributed by atoms with Crippen molar-refractivity contribution in [1.82, 2.24) is 14.9 Å². The van der Waals surface area contributed by atoms with Crippen LogP contribution in [0.3, 0.4) is 0 Å². The Balaban J connectivity index is 1.67. The van der Waals surface area contributed by atoms with E-state index in [1.165, 1.54) is 11.6 Å². The molecule has 0 radical (unpaired) electrons. The van der Waals surface area contributed by atoms with Gasteiger partial charge in [-0.1, -0.05) is 35.4 Å². The fourth-order valence-corrected chi connectivity index (χ4v) is 4.66. The van der Waals surface area contributed by atoms with Crippen LogP contribution in [0.1, 0.15) is 29.0 Å². The summed E-state index contributed by atoms with van der Waals surface area (Å²) in [5.74, 6) is -0.444. The van der Waals surface area contributed by atoms with Crippen molar-refractivity contribution in [3.05, 3.63) is 113 Å². The van der Waals surface area contributed by atoms with E-state index in [0.717, 1.165) is 22.8 Å². The number of aromatic nitrogens is 2. The van der Waals surface area contributed by atoms with Crippen molar-refractivity contribution in [2.45, 2.75) is 19.0 Å². The lowest BCUT2D eigenvalue weighted by Gasteiger charge is -2.29. The third-order valence-corrected chi connectivity index (χ3v) is 6.28. The Labute approximate surface area is 196 Å². The van der Waals surface area contributed by atoms with Crippen LogP contribution in [0.5, 0.6) is 0 Å². The van der Waals surface area contributed by atoms with Gasteiger partial charge in [-0.2, -0.15) is 0 Å². The number of aryl methyl sites for hydroxylation is 1. The average Bonchev–Trinajstić information content (AvgIpc) is 3.41. The highest BCUT2D eigenvalue weighted by Gasteiger charge is 2.42. The van der Waals surface area contributed by atoms with Crippen LogP contribution < -0.4 is 10.2 Å². The number of hydrogen-bond donors (Lipinski definition) is 1. The van der Waals surface area contributed by atoms with Crippen molar-refractivity contribution in [3.8, 4) is 5.69 Å². The predicted molar refractivity (Wildman–Crippen MR) is 130 cm³/mol. The minimum absolute atomic E-state index is 0.0823. The average molecular weight is 463 g/mol. The monoisotopic (exact) mass is 462 g/mol. The third-order valence-electron chi connectivity index (χ3n) is 5.67. The molecule has 7 heteroatoms. The Hall–Kier alpha value is -3.22. The summed E-state index contributed by atoms with van der Waals surface area (Å²) >= 11 is 11.9. The molecule has 0 bridgehead atoms. The van der Waals surface area contributed by atoms with Gasteiger partial charge in [-0.25, -0.2) is 4.39 Å². The van der Waals surface area contributed by atoms with E-state index in [0.29, 0.717) is 5.11 Å². The molecule has 1 N–H and O–H groups in total. The first-order valence-electron chi connectivity index (χ1n) is 10.2. The lowest BCUT2D eigenvalue weighted by Crippen LogP contribution is -2.30. The minimum atomic E-state index is -0.444. The molecular weight excluding hydrogens is 443 g/mol. The predicted octanol–water partition coefficient (Wildman–Crippen LogP) is 6.15. The van der Waals surface area contributed by atoms with Crippen molar-refractivity contribution in [2.75, 3.05) is 4.90 Å². The molecule has 1 aliphatic rings. The summed E-state index contributed by atoms with van der Waals surface area (Å²) in [7, 11) is 0. The smallest absolute Gasteiger partial charge is 0.174 e. The number of nitrogens with one attached hydrogen (secondary N) is 1. The molecule has 0 unspecified atom stereocenters. The molecule has 0 spiro atoms. The van der Waals surface area contributed by atoms with E-state index in [1.54, 1.807) is 18.3 Å². The maximum Gasteiger partial charge on any atom is 0.174 e. The number of pyridine rings is 1. The normalized spacial score (nSPS) is 18.1. The van der Waals surface area contributed by atoms with Gasteiger partial charge in [-0.05, 0) is 73.7 Å². The van der Waals surface area contributed by atoms with Crippen molar-refractivity contribution in [1.29, 1.82) is 0 Å². The van der Waals surface area contributed by atoms with Crippen LogP contribution in [0.15, 0.2) is 85.2 Å². The van der Waals surface area contributed by atoms with E-state index in [-0.39, 0.29) is 17.1 Å². The van der Waals surface area contributed by atoms with Gasteiger partial charge in [0.1, 0.15) is 11.9 Å². The highest BCUT2D eigenvalue weighted by Crippen LogP contribution is 2.42. The molecule has 4 aromatic rings. The molecule has 0 aliphatic carbocycles. The minimum Gasteiger partial charge on any atom is -0.351 e. The summed E-state index contributed by atoms with van der Waals surface area (Å²) in [5, 5.41) is 4.17. The molecule has 2 aromatic heterocycles. The molecule has 1 fully saturated rings. The summed E-state index contributed by atoms with van der Waals surface area (Å²) in [6.45, 7) is 2.06. The van der Waals surface area contributed by atoms with Crippen molar-refractivity contribution in [3.63, 3.8) is 0 Å². The van der Waals surface area contributed by atoms with Crippen molar-refractivity contribution < 1.29 is 4.39 Å². The molecular formula is C25H20ClFN4S. The van der Waals surface area contributed by atoms with Gasteiger partial charge in [0.25, 0.3) is 0 Å². The molecule has 2 aromatic carbocycles. The molecule has 32 heavy (non-hydrogen) atoms. The second kappa shape index (κ2) is 8.37. The first kappa shape index (κ1) is 20.7. The fraction of sp³-hybridized carbons (Fsp3) is 0.120. The molecule has 1 saturated heterocycles. The topological polar surface area (TPSA) is 33.1 Å². The van der Waals surface area contributed by atoms with Gasteiger partial charge in [0.2, 0.25) is 0 Å². The Morgan fingerprint density at radius 2 is 1.78 bits per heavy atom. The maximum atomic E-state index is 13.8. The van der Waals surface area contributed by atoms with Crippen LogP contribution in [-0.2, 0) is 0 Å². The Kier molecular flexibility index (Phi) is 5.41. The van der Waals surface area contributed by atoms with Crippen LogP contribution in [0.2, 0.25) is 5.02 Å². The summed E-state index contributed by atoms with van der Waals surface area (Å²) in [5.41, 5.74) is 4.81. The van der Waals surface area contributed by atoms with Gasteiger partial charge < -0.3 is 14.8 Å². The fourth-order valence-electron chi connectivity index (χ4n) is 4.14. The summed E-state index contributed by atoms with van der Waals surface area (Å²) < 4.78 is 15.8. The number of halogens is 2. The second-order valence-corrected chi connectivity index (χ2v) is 8.53. The van der Waals surface area contributed by atoms with Gasteiger partial charge >= 0.3 is 0 Å². The number of anilines is 1. The van der Waals surface area contributed by atoms with Gasteiger partial charge in [0.05, 0.1) is 16.8 Å². The molecule has 5 rings (SSSR count). The van der Waals surface area contributed by atoms with Gasteiger partial charge in [-0.3, -0.25) is 4.98 Å². The lowest BCUT2D eigenvalue weighted by molar-refractivity contribution is 0.549. The molecule has 1 aliphatic heterocycles. The zero-order chi connectivity index (χ0) is 22.2. The van der Waals surface area contributed by atoms with Gasteiger partial charge in [0.15, 0.2) is 5.11 Å². The van der Waals surface area contributed by atoms with Crippen LogP contribution >= 0.6 is 23.8 Å². The zero-order valence-corrected chi connectivity index (χ0v) is 18.8. The zero-order valence-electron chi connectivity index (χ0n) is 17.2. The van der Waals surface area contributed by atoms with Crippen LogP contribution in [0.4, 0.5) is 10.1 Å². The SMILES string of the molecule is Cc1ccc(N2C(=S)N[C@H](c3ccccn3)[C@@H]2c2cccn2-c2ccc(F)c(Cl)c2)cc1. The number of nitrogens with zero attached hydrogens (tertiary/aromatic N) is 3. The Morgan fingerprint density at radius 3 is 2.50 bits per heavy atom. The van der Waals surface area contributed by atoms with Crippen LogP contribution in [0.25, 0.3) is 5.69 Å². The van der Waals surface area contributed by atoms with Crippen LogP contribution in [0, 0.1) is 12.7 Å². The molecule has 2 atom stereocenters. The summed E-state index contributed by atoms with van der Waals surface area (Å²) in [4.78, 5) is 6.71. The molecule has 0 amide bonds. The first-order valence-corrected chi connectivity index (χ1v) is 11.0. The molecule has 3 heterocycles. The van der Waals surface area contributed by atoms with Crippen molar-refractivity contribution in [2.24, 2.45) is 0 Å². The highest BCUT2D eigenvalue weighted by molar-refractivity contribution is 7.80. The maximum absolute atomic E-state index is 13.8. The first-order chi connectivity index (χ1) is 15.5. The number of thiocarbonyl (C=S) groups is 1. The number of benzene rings is 2. The van der Waals surface area contributed by atoms with E-state index >= 15 is 0 Å². The highest BCUT2D eigenvalue weighted by atomic mass is 35.5. The molecule has 0 saturated carbocycles. The quantitative estimate of drug-likeness (QED) is 0.369. The summed E-state index contributed by atoms with van der Waals surface area (Å²) in [6, 6.07) is 22.5. The van der Waals surface area contributed by atoms with Gasteiger partial charge in [0, 0.05) is 29.5 Å². The Morgan fingerprint density at radius 1 is 1.00 bits per heavy atom. The van der Waals surface area contributed by atoms with Crippen LogP contribution in [-0.4, -0.2) is 14.7 Å². The van der Waals surface area contributed by atoms with Gasteiger partial charge in [-0.15, -0.1) is 0 Å². The number of rotatable bonds is 4. The molecule has 160 valence electrons. The number of hydrogen-bond acceptors (Lipinski definition) is 2. The van der Waals surface area contributed by atoms with E-state index in [1.807, 2.05) is 35.0 Å². The van der Waals surface area contributed by atoms with Crippen molar-refractivity contribution >= 4 is 34.6 Å². The largest absolute Gasteiger partial charge is 0.351 e. The van der Waals surface area contributed by atoms with E-state index in [2.05, 4.69) is 52.5 Å². The standard InChI is InChI=1S/C25H20ClFN4S/c1-16-7-9-17(10-8-16)31-24(23(29-25(31)32)21-5-2-3-13-28-21)22-6-4-14-30(22)18-11-12-20(27)19(26)15-18/h2-15,23-24H,1H3,(H,29,32)/t23-,24+/m1/s1. The summed E-state index contributed by atoms with van der Waals surface area (Å²) in [6.07, 6.45) is 3.73.